The molecule has 1 saturated heterocycles. The van der Waals surface area contributed by atoms with E-state index in [1.165, 1.54) is 18.1 Å². The topological polar surface area (TPSA) is 58.6 Å². The van der Waals surface area contributed by atoms with Gasteiger partial charge in [-0.05, 0) is 87.7 Å². The number of amides is 1. The van der Waals surface area contributed by atoms with Gasteiger partial charge in [-0.25, -0.2) is 0 Å². The number of benzene rings is 2. The van der Waals surface area contributed by atoms with Gasteiger partial charge < -0.3 is 15.0 Å². The third-order valence-corrected chi connectivity index (χ3v) is 7.98. The first-order chi connectivity index (χ1) is 16.9. The van der Waals surface area contributed by atoms with Gasteiger partial charge >= 0.3 is 5.97 Å². The second-order valence-electron chi connectivity index (χ2n) is 10.6. The second kappa shape index (κ2) is 11.9. The SMILES string of the molecule is CC(=O)Oc1cccc(C23CCN(C)CC2CCC(NC(=O)CCCCCc2ccccc2)C3)c1. The predicted octanol–water partition coefficient (Wildman–Crippen LogP) is 5.27. The van der Waals surface area contributed by atoms with Crippen molar-refractivity contribution in [3.8, 4) is 5.75 Å². The molecule has 2 fully saturated rings. The van der Waals surface area contributed by atoms with Crippen molar-refractivity contribution >= 4 is 11.9 Å². The van der Waals surface area contributed by atoms with E-state index in [2.05, 4.69) is 53.7 Å². The molecule has 1 saturated carbocycles. The van der Waals surface area contributed by atoms with Gasteiger partial charge in [-0.3, -0.25) is 9.59 Å². The number of hydrogen-bond acceptors (Lipinski definition) is 4. The molecule has 0 aromatic heterocycles. The minimum Gasteiger partial charge on any atom is -0.427 e. The quantitative estimate of drug-likeness (QED) is 0.304. The summed E-state index contributed by atoms with van der Waals surface area (Å²) in [7, 11) is 2.20. The number of rotatable bonds is 9. The molecular formula is C30H40N2O3. The van der Waals surface area contributed by atoms with Crippen LogP contribution in [0.5, 0.6) is 5.75 Å². The Labute approximate surface area is 210 Å². The molecule has 1 amide bonds. The maximum atomic E-state index is 12.8. The first-order valence-corrected chi connectivity index (χ1v) is 13.3. The number of hydrogen-bond donors (Lipinski definition) is 1. The number of fused-ring (bicyclic) bond motifs is 1. The van der Waals surface area contributed by atoms with Gasteiger partial charge in [-0.2, -0.15) is 0 Å². The van der Waals surface area contributed by atoms with Gasteiger partial charge in [0.25, 0.3) is 0 Å². The molecule has 5 nitrogen and oxygen atoms in total. The van der Waals surface area contributed by atoms with Crippen LogP contribution in [0.3, 0.4) is 0 Å². The summed E-state index contributed by atoms with van der Waals surface area (Å²) < 4.78 is 5.41. The summed E-state index contributed by atoms with van der Waals surface area (Å²) in [5.74, 6) is 1.05. The van der Waals surface area contributed by atoms with Gasteiger partial charge in [-0.15, -0.1) is 0 Å². The Kier molecular flexibility index (Phi) is 8.61. The maximum absolute atomic E-state index is 12.8. The first-order valence-electron chi connectivity index (χ1n) is 13.3. The van der Waals surface area contributed by atoms with Gasteiger partial charge in [0.1, 0.15) is 5.75 Å². The van der Waals surface area contributed by atoms with Gasteiger partial charge in [0.05, 0.1) is 0 Å². The van der Waals surface area contributed by atoms with Gasteiger partial charge in [0.15, 0.2) is 0 Å². The van der Waals surface area contributed by atoms with Crippen molar-refractivity contribution < 1.29 is 14.3 Å². The fourth-order valence-electron chi connectivity index (χ4n) is 6.21. The predicted molar refractivity (Wildman–Crippen MR) is 139 cm³/mol. The molecule has 1 N–H and O–H groups in total. The average Bonchev–Trinajstić information content (AvgIpc) is 2.84. The molecule has 0 spiro atoms. The van der Waals surface area contributed by atoms with Gasteiger partial charge in [-0.1, -0.05) is 48.9 Å². The van der Waals surface area contributed by atoms with E-state index in [4.69, 9.17) is 4.74 Å². The van der Waals surface area contributed by atoms with Crippen molar-refractivity contribution in [2.45, 2.75) is 76.2 Å². The van der Waals surface area contributed by atoms with Crippen LogP contribution in [0.4, 0.5) is 0 Å². The molecule has 0 radical (unpaired) electrons. The zero-order chi connectivity index (χ0) is 24.7. The van der Waals surface area contributed by atoms with E-state index in [0.717, 1.165) is 64.5 Å². The van der Waals surface area contributed by atoms with Crippen LogP contribution in [0.1, 0.15) is 69.4 Å². The zero-order valence-corrected chi connectivity index (χ0v) is 21.3. The molecule has 3 unspecified atom stereocenters. The van der Waals surface area contributed by atoms with Crippen LogP contribution in [-0.2, 0) is 21.4 Å². The lowest BCUT2D eigenvalue weighted by Crippen LogP contribution is -2.55. The number of ether oxygens (including phenoxy) is 1. The fourth-order valence-corrected chi connectivity index (χ4v) is 6.21. The molecular weight excluding hydrogens is 436 g/mol. The summed E-state index contributed by atoms with van der Waals surface area (Å²) in [4.78, 5) is 26.7. The molecule has 1 heterocycles. The number of unbranched alkanes of at least 4 members (excludes halogenated alkanes) is 2. The van der Waals surface area contributed by atoms with E-state index < -0.39 is 0 Å². The third-order valence-electron chi connectivity index (χ3n) is 7.98. The summed E-state index contributed by atoms with van der Waals surface area (Å²) in [6.45, 7) is 3.55. The Balaban J connectivity index is 1.34. The number of carbonyl (C=O) groups is 2. The number of aryl methyl sites for hydroxylation is 1. The van der Waals surface area contributed by atoms with Crippen molar-refractivity contribution in [2.24, 2.45) is 5.92 Å². The minimum atomic E-state index is -0.294. The van der Waals surface area contributed by atoms with Crippen molar-refractivity contribution in [3.63, 3.8) is 0 Å². The molecule has 2 aromatic carbocycles. The Morgan fingerprint density at radius 2 is 1.89 bits per heavy atom. The number of nitrogens with zero attached hydrogens (tertiary/aromatic N) is 1. The lowest BCUT2D eigenvalue weighted by molar-refractivity contribution is -0.132. The van der Waals surface area contributed by atoms with E-state index in [1.54, 1.807) is 0 Å². The van der Waals surface area contributed by atoms with Crippen molar-refractivity contribution in [1.82, 2.24) is 10.2 Å². The van der Waals surface area contributed by atoms with Crippen LogP contribution in [0.2, 0.25) is 0 Å². The van der Waals surface area contributed by atoms with Crippen LogP contribution >= 0.6 is 0 Å². The smallest absolute Gasteiger partial charge is 0.308 e. The molecule has 1 aliphatic heterocycles. The van der Waals surface area contributed by atoms with Crippen LogP contribution in [0.25, 0.3) is 0 Å². The normalized spacial score (nSPS) is 24.4. The number of nitrogens with one attached hydrogen (secondary N) is 1. The Bertz CT molecular complexity index is 992. The minimum absolute atomic E-state index is 0.00848. The third kappa shape index (κ3) is 6.72. The Morgan fingerprint density at radius 1 is 1.06 bits per heavy atom. The van der Waals surface area contributed by atoms with Crippen LogP contribution < -0.4 is 10.1 Å². The van der Waals surface area contributed by atoms with E-state index in [0.29, 0.717) is 18.1 Å². The van der Waals surface area contributed by atoms with E-state index in [9.17, 15) is 9.59 Å². The standard InChI is InChI=1S/C30H40N2O3/c1-23(33)35-28-14-9-13-25(20-28)30-18-19-32(2)22-26(30)16-17-27(21-30)31-29(34)15-8-4-7-12-24-10-5-3-6-11-24/h3,5-6,9-11,13-14,20,26-27H,4,7-8,12,15-19,21-22H2,1-2H3,(H,31,34). The van der Waals surface area contributed by atoms with Crippen LogP contribution in [-0.4, -0.2) is 43.0 Å². The highest BCUT2D eigenvalue weighted by atomic mass is 16.5. The lowest BCUT2D eigenvalue weighted by atomic mass is 9.58. The van der Waals surface area contributed by atoms with E-state index in [1.807, 2.05) is 18.2 Å². The summed E-state index contributed by atoms with van der Waals surface area (Å²) in [6, 6.07) is 18.8. The highest BCUT2D eigenvalue weighted by molar-refractivity contribution is 5.76. The van der Waals surface area contributed by atoms with Crippen LogP contribution in [0, 0.1) is 5.92 Å². The number of piperidine rings is 1. The Morgan fingerprint density at radius 3 is 2.69 bits per heavy atom. The fraction of sp³-hybridized carbons (Fsp3) is 0.533. The van der Waals surface area contributed by atoms with Crippen LogP contribution in [0.15, 0.2) is 54.6 Å². The first kappa shape index (κ1) is 25.4. The molecule has 1 aliphatic carbocycles. The monoisotopic (exact) mass is 476 g/mol. The number of esters is 1. The molecule has 2 aromatic rings. The summed E-state index contributed by atoms with van der Waals surface area (Å²) in [5, 5.41) is 3.38. The van der Waals surface area contributed by atoms with Crippen molar-refractivity contribution in [2.75, 3.05) is 20.1 Å². The molecule has 5 heteroatoms. The van der Waals surface area contributed by atoms with E-state index in [-0.39, 0.29) is 23.3 Å². The highest BCUT2D eigenvalue weighted by Crippen LogP contribution is 2.49. The molecule has 2 aliphatic rings. The zero-order valence-electron chi connectivity index (χ0n) is 21.3. The highest BCUT2D eigenvalue weighted by Gasteiger charge is 2.47. The van der Waals surface area contributed by atoms with Crippen molar-refractivity contribution in [3.05, 3.63) is 65.7 Å². The summed E-state index contributed by atoms with van der Waals surface area (Å²) in [5.41, 5.74) is 2.62. The molecule has 3 atom stereocenters. The average molecular weight is 477 g/mol. The summed E-state index contributed by atoms with van der Waals surface area (Å²) in [6.07, 6.45) is 8.97. The largest absolute Gasteiger partial charge is 0.427 e. The van der Waals surface area contributed by atoms with Gasteiger partial charge in [0.2, 0.25) is 5.91 Å². The molecule has 0 bridgehead atoms. The number of likely N-dealkylation sites (tertiary alicyclic amines) is 1. The molecule has 4 rings (SSSR count). The molecule has 188 valence electrons. The van der Waals surface area contributed by atoms with Crippen molar-refractivity contribution in [1.29, 1.82) is 0 Å². The molecule has 35 heavy (non-hydrogen) atoms. The summed E-state index contributed by atoms with van der Waals surface area (Å²) >= 11 is 0. The second-order valence-corrected chi connectivity index (χ2v) is 10.6. The lowest BCUT2D eigenvalue weighted by Gasteiger charge is -2.52. The van der Waals surface area contributed by atoms with Gasteiger partial charge in [0, 0.05) is 31.3 Å². The van der Waals surface area contributed by atoms with E-state index >= 15 is 0 Å². The number of carbonyl (C=O) groups excluding carboxylic acids is 2. The maximum Gasteiger partial charge on any atom is 0.308 e. The Hall–Kier alpha value is -2.66.